The minimum absolute atomic E-state index is 0.194. The molecule has 5 heteroatoms. The second kappa shape index (κ2) is 4.61. The molecule has 0 unspecified atom stereocenters. The summed E-state index contributed by atoms with van der Waals surface area (Å²) in [5, 5.41) is 0. The highest BCUT2D eigenvalue weighted by Gasteiger charge is 2.07. The number of aryl methyl sites for hydroxylation is 1. The van der Waals surface area contributed by atoms with Crippen molar-refractivity contribution >= 4 is 10.0 Å². The molecular formula is C9H16N2O2S. The number of aromatic nitrogens is 1. The molecule has 1 aromatic heterocycles. The van der Waals surface area contributed by atoms with Gasteiger partial charge in [-0.1, -0.05) is 6.92 Å². The van der Waals surface area contributed by atoms with Crippen LogP contribution >= 0.6 is 0 Å². The fraction of sp³-hybridized carbons (Fsp3) is 0.556. The van der Waals surface area contributed by atoms with Crippen molar-refractivity contribution in [2.45, 2.75) is 19.9 Å². The van der Waals surface area contributed by atoms with Crippen molar-refractivity contribution in [3.05, 3.63) is 24.0 Å². The molecule has 1 N–H and O–H groups in total. The van der Waals surface area contributed by atoms with Crippen LogP contribution in [0.25, 0.3) is 0 Å². The lowest BCUT2D eigenvalue weighted by Crippen LogP contribution is -2.25. The summed E-state index contributed by atoms with van der Waals surface area (Å²) in [5.41, 5.74) is 0.979. The summed E-state index contributed by atoms with van der Waals surface area (Å²) < 4.78 is 27.0. The highest BCUT2D eigenvalue weighted by Crippen LogP contribution is 2.00. The van der Waals surface area contributed by atoms with Crippen LogP contribution < -0.4 is 4.72 Å². The molecule has 0 atom stereocenters. The molecule has 1 aromatic rings. The number of rotatable bonds is 5. The molecule has 0 saturated heterocycles. The van der Waals surface area contributed by atoms with Gasteiger partial charge in [-0.25, -0.2) is 13.1 Å². The number of nitrogens with one attached hydrogen (secondary N) is 1. The third kappa shape index (κ3) is 3.51. The summed E-state index contributed by atoms with van der Waals surface area (Å²) in [6, 6.07) is 1.90. The Morgan fingerprint density at radius 2 is 2.21 bits per heavy atom. The predicted molar refractivity (Wildman–Crippen MR) is 56.3 cm³/mol. The fourth-order valence-corrected chi connectivity index (χ4v) is 2.27. The van der Waals surface area contributed by atoms with Gasteiger partial charge in [-0.15, -0.1) is 0 Å². The molecule has 0 aliphatic heterocycles. The number of nitrogens with zero attached hydrogens (tertiary/aromatic N) is 1. The van der Waals surface area contributed by atoms with E-state index in [0.29, 0.717) is 13.0 Å². The van der Waals surface area contributed by atoms with Crippen LogP contribution in [-0.2, 0) is 23.6 Å². The quantitative estimate of drug-likeness (QED) is 0.793. The van der Waals surface area contributed by atoms with E-state index >= 15 is 0 Å². The molecule has 0 saturated carbocycles. The zero-order valence-electron chi connectivity index (χ0n) is 8.53. The summed E-state index contributed by atoms with van der Waals surface area (Å²) in [5.74, 6) is 0.194. The third-order valence-corrected chi connectivity index (χ3v) is 3.39. The van der Waals surface area contributed by atoms with Crippen molar-refractivity contribution in [3.8, 4) is 0 Å². The van der Waals surface area contributed by atoms with E-state index in [1.165, 1.54) is 0 Å². The monoisotopic (exact) mass is 216 g/mol. The Bertz CT molecular complexity index is 381. The lowest BCUT2D eigenvalue weighted by atomic mass is 10.4. The van der Waals surface area contributed by atoms with Crippen LogP contribution in [0.3, 0.4) is 0 Å². The summed E-state index contributed by atoms with van der Waals surface area (Å²) in [4.78, 5) is 0. The van der Waals surface area contributed by atoms with Crippen molar-refractivity contribution in [2.24, 2.45) is 7.05 Å². The second-order valence-electron chi connectivity index (χ2n) is 3.33. The number of sulfonamides is 1. The predicted octanol–water partition coefficient (Wildman–Crippen LogP) is 0.854. The van der Waals surface area contributed by atoms with Crippen LogP contribution in [0.2, 0.25) is 0 Å². The molecule has 0 aromatic carbocycles. The van der Waals surface area contributed by atoms with Crippen molar-refractivity contribution in [1.82, 2.24) is 9.29 Å². The molecular weight excluding hydrogens is 200 g/mol. The van der Waals surface area contributed by atoms with Crippen molar-refractivity contribution in [2.75, 3.05) is 5.75 Å². The average molecular weight is 216 g/mol. The van der Waals surface area contributed by atoms with Gasteiger partial charge >= 0.3 is 0 Å². The Labute approximate surface area is 85.0 Å². The van der Waals surface area contributed by atoms with E-state index in [0.717, 1.165) is 5.56 Å². The SMILES string of the molecule is CCCS(=O)(=O)NCc1ccn(C)c1. The maximum absolute atomic E-state index is 11.3. The average Bonchev–Trinajstić information content (AvgIpc) is 2.48. The minimum atomic E-state index is -3.08. The molecule has 0 aliphatic rings. The summed E-state index contributed by atoms with van der Waals surface area (Å²) in [6.45, 7) is 2.23. The summed E-state index contributed by atoms with van der Waals surface area (Å²) in [6.07, 6.45) is 4.43. The van der Waals surface area contributed by atoms with Gasteiger partial charge in [-0.05, 0) is 18.1 Å². The van der Waals surface area contributed by atoms with Gasteiger partial charge in [0, 0.05) is 26.0 Å². The second-order valence-corrected chi connectivity index (χ2v) is 5.25. The minimum Gasteiger partial charge on any atom is -0.357 e. The Morgan fingerprint density at radius 3 is 2.71 bits per heavy atom. The van der Waals surface area contributed by atoms with Crippen molar-refractivity contribution < 1.29 is 8.42 Å². The Kier molecular flexibility index (Phi) is 3.71. The molecule has 1 rings (SSSR count). The number of hydrogen-bond donors (Lipinski definition) is 1. The van der Waals surface area contributed by atoms with Gasteiger partial charge in [0.1, 0.15) is 0 Å². The lowest BCUT2D eigenvalue weighted by molar-refractivity contribution is 0.580. The van der Waals surface area contributed by atoms with Crippen LogP contribution in [0, 0.1) is 0 Å². The Hall–Kier alpha value is -0.810. The topological polar surface area (TPSA) is 51.1 Å². The smallest absolute Gasteiger partial charge is 0.211 e. The first-order chi connectivity index (χ1) is 6.53. The highest BCUT2D eigenvalue weighted by molar-refractivity contribution is 7.89. The van der Waals surface area contributed by atoms with E-state index in [4.69, 9.17) is 0 Å². The third-order valence-electron chi connectivity index (χ3n) is 1.86. The van der Waals surface area contributed by atoms with E-state index in [1.807, 2.05) is 37.0 Å². The molecule has 0 aliphatic carbocycles. The normalized spacial score (nSPS) is 11.9. The molecule has 80 valence electrons. The van der Waals surface area contributed by atoms with Gasteiger partial charge in [-0.2, -0.15) is 0 Å². The van der Waals surface area contributed by atoms with Gasteiger partial charge in [0.25, 0.3) is 0 Å². The van der Waals surface area contributed by atoms with Crippen molar-refractivity contribution in [1.29, 1.82) is 0 Å². The van der Waals surface area contributed by atoms with Gasteiger partial charge in [0.2, 0.25) is 10.0 Å². The van der Waals surface area contributed by atoms with Gasteiger partial charge in [0.05, 0.1) is 5.75 Å². The Morgan fingerprint density at radius 1 is 1.50 bits per heavy atom. The number of hydrogen-bond acceptors (Lipinski definition) is 2. The molecule has 0 radical (unpaired) electrons. The highest BCUT2D eigenvalue weighted by atomic mass is 32.2. The molecule has 0 fully saturated rings. The van der Waals surface area contributed by atoms with Crippen molar-refractivity contribution in [3.63, 3.8) is 0 Å². The first kappa shape index (κ1) is 11.3. The molecule has 0 spiro atoms. The maximum atomic E-state index is 11.3. The fourth-order valence-electron chi connectivity index (χ4n) is 1.20. The molecule has 0 amide bonds. The van der Waals surface area contributed by atoms with E-state index in [1.54, 1.807) is 0 Å². The van der Waals surface area contributed by atoms with Crippen LogP contribution in [-0.4, -0.2) is 18.7 Å². The van der Waals surface area contributed by atoms with Gasteiger partial charge < -0.3 is 4.57 Å². The molecule has 0 bridgehead atoms. The van der Waals surface area contributed by atoms with E-state index in [9.17, 15) is 8.42 Å². The van der Waals surface area contributed by atoms with Gasteiger partial charge in [-0.3, -0.25) is 0 Å². The zero-order chi connectivity index (χ0) is 10.6. The van der Waals surface area contributed by atoms with Crippen LogP contribution in [0.15, 0.2) is 18.5 Å². The van der Waals surface area contributed by atoms with E-state index in [-0.39, 0.29) is 5.75 Å². The lowest BCUT2D eigenvalue weighted by Gasteiger charge is -2.03. The van der Waals surface area contributed by atoms with E-state index in [2.05, 4.69) is 4.72 Å². The first-order valence-corrected chi connectivity index (χ1v) is 6.27. The summed E-state index contributed by atoms with van der Waals surface area (Å²) in [7, 11) is -1.17. The van der Waals surface area contributed by atoms with Crippen LogP contribution in [0.1, 0.15) is 18.9 Å². The van der Waals surface area contributed by atoms with Crippen LogP contribution in [0.4, 0.5) is 0 Å². The standard InChI is InChI=1S/C9H16N2O2S/c1-3-6-14(12,13)10-7-9-4-5-11(2)8-9/h4-5,8,10H,3,6-7H2,1-2H3. The summed E-state index contributed by atoms with van der Waals surface area (Å²) >= 11 is 0. The Balaban J connectivity index is 2.48. The van der Waals surface area contributed by atoms with Crippen LogP contribution in [0.5, 0.6) is 0 Å². The molecule has 1 heterocycles. The molecule has 4 nitrogen and oxygen atoms in total. The first-order valence-electron chi connectivity index (χ1n) is 4.61. The molecule has 14 heavy (non-hydrogen) atoms. The van der Waals surface area contributed by atoms with E-state index < -0.39 is 10.0 Å². The zero-order valence-corrected chi connectivity index (χ0v) is 9.34. The maximum Gasteiger partial charge on any atom is 0.211 e. The van der Waals surface area contributed by atoms with Gasteiger partial charge in [0.15, 0.2) is 0 Å². The largest absolute Gasteiger partial charge is 0.357 e.